The maximum atomic E-state index is 12.7. The minimum Gasteiger partial charge on any atom is -0.381 e. The van der Waals surface area contributed by atoms with E-state index in [-0.39, 0.29) is 16.5 Å². The Labute approximate surface area is 122 Å². The highest BCUT2D eigenvalue weighted by molar-refractivity contribution is 6.30. The van der Waals surface area contributed by atoms with Crippen LogP contribution in [0.1, 0.15) is 32.8 Å². The van der Waals surface area contributed by atoms with Crippen LogP contribution in [0.2, 0.25) is 5.02 Å². The van der Waals surface area contributed by atoms with Gasteiger partial charge in [0, 0.05) is 23.3 Å². The SMILES string of the molecule is CC(C)(C)CC(CN)Nc1cc(Cl)cc(C(F)(F)F)c1. The average Bonchev–Trinajstić information content (AvgIpc) is 2.24. The molecule has 0 aliphatic rings. The van der Waals surface area contributed by atoms with Crippen LogP contribution in [0.15, 0.2) is 18.2 Å². The molecule has 0 saturated heterocycles. The number of rotatable bonds is 4. The van der Waals surface area contributed by atoms with Crippen LogP contribution in [0.25, 0.3) is 0 Å². The molecule has 3 N–H and O–H groups in total. The topological polar surface area (TPSA) is 38.0 Å². The van der Waals surface area contributed by atoms with Crippen molar-refractivity contribution in [2.24, 2.45) is 11.1 Å². The number of anilines is 1. The van der Waals surface area contributed by atoms with Crippen molar-refractivity contribution >= 4 is 17.3 Å². The highest BCUT2D eigenvalue weighted by atomic mass is 35.5. The van der Waals surface area contributed by atoms with E-state index in [1.54, 1.807) is 0 Å². The summed E-state index contributed by atoms with van der Waals surface area (Å²) in [4.78, 5) is 0. The molecule has 0 aliphatic heterocycles. The van der Waals surface area contributed by atoms with Crippen LogP contribution in [0.4, 0.5) is 18.9 Å². The fourth-order valence-electron chi connectivity index (χ4n) is 2.00. The number of nitrogens with one attached hydrogen (secondary N) is 1. The van der Waals surface area contributed by atoms with Gasteiger partial charge < -0.3 is 11.1 Å². The van der Waals surface area contributed by atoms with Gasteiger partial charge in [0.15, 0.2) is 0 Å². The van der Waals surface area contributed by atoms with Crippen LogP contribution in [0.5, 0.6) is 0 Å². The molecule has 1 aromatic carbocycles. The Hall–Kier alpha value is -0.940. The van der Waals surface area contributed by atoms with Crippen LogP contribution in [-0.4, -0.2) is 12.6 Å². The molecule has 0 radical (unpaired) electrons. The van der Waals surface area contributed by atoms with Crippen LogP contribution < -0.4 is 11.1 Å². The molecule has 0 aromatic heterocycles. The molecule has 6 heteroatoms. The second-order valence-electron chi connectivity index (χ2n) is 6.07. The van der Waals surface area contributed by atoms with Crippen LogP contribution in [0, 0.1) is 5.41 Å². The fourth-order valence-corrected chi connectivity index (χ4v) is 2.24. The van der Waals surface area contributed by atoms with Gasteiger partial charge in [0.1, 0.15) is 0 Å². The lowest BCUT2D eigenvalue weighted by Gasteiger charge is -2.27. The Morgan fingerprint density at radius 2 is 1.80 bits per heavy atom. The van der Waals surface area contributed by atoms with Crippen molar-refractivity contribution in [3.8, 4) is 0 Å². The monoisotopic (exact) mass is 308 g/mol. The molecule has 1 rings (SSSR count). The largest absolute Gasteiger partial charge is 0.416 e. The molecule has 114 valence electrons. The van der Waals surface area contributed by atoms with E-state index in [1.165, 1.54) is 6.07 Å². The summed E-state index contributed by atoms with van der Waals surface area (Å²) in [6, 6.07) is 3.34. The molecule has 1 unspecified atom stereocenters. The molecular weight excluding hydrogens is 289 g/mol. The summed E-state index contributed by atoms with van der Waals surface area (Å²) in [5, 5.41) is 3.08. The molecular formula is C14H20ClF3N2. The molecule has 0 spiro atoms. The van der Waals surface area contributed by atoms with E-state index in [0.29, 0.717) is 12.2 Å². The van der Waals surface area contributed by atoms with Crippen molar-refractivity contribution in [2.75, 3.05) is 11.9 Å². The van der Waals surface area contributed by atoms with E-state index < -0.39 is 11.7 Å². The predicted octanol–water partition coefficient (Wildman–Crippen LogP) is 4.53. The summed E-state index contributed by atoms with van der Waals surface area (Å²) in [6.07, 6.45) is -3.67. The second-order valence-corrected chi connectivity index (χ2v) is 6.50. The lowest BCUT2D eigenvalue weighted by molar-refractivity contribution is -0.137. The zero-order chi connectivity index (χ0) is 15.6. The van der Waals surface area contributed by atoms with Gasteiger partial charge >= 0.3 is 6.18 Å². The predicted molar refractivity (Wildman–Crippen MR) is 77.0 cm³/mol. The number of halogens is 4. The molecule has 2 nitrogen and oxygen atoms in total. The van der Waals surface area contributed by atoms with E-state index in [1.807, 2.05) is 0 Å². The number of alkyl halides is 3. The van der Waals surface area contributed by atoms with Gasteiger partial charge in [-0.15, -0.1) is 0 Å². The normalized spacial score (nSPS) is 14.2. The standard InChI is InChI=1S/C14H20ClF3N2/c1-13(2,3)7-12(8-19)20-11-5-9(14(16,17)18)4-10(15)6-11/h4-6,12,20H,7-8,19H2,1-3H3. The van der Waals surface area contributed by atoms with Crippen molar-refractivity contribution in [1.82, 2.24) is 0 Å². The average molecular weight is 309 g/mol. The molecule has 0 aliphatic carbocycles. The zero-order valence-electron chi connectivity index (χ0n) is 11.8. The van der Waals surface area contributed by atoms with Crippen molar-refractivity contribution in [3.63, 3.8) is 0 Å². The maximum Gasteiger partial charge on any atom is 0.416 e. The smallest absolute Gasteiger partial charge is 0.381 e. The Morgan fingerprint density at radius 3 is 2.25 bits per heavy atom. The molecule has 0 amide bonds. The minimum absolute atomic E-state index is 0.0302. The fraction of sp³-hybridized carbons (Fsp3) is 0.571. The summed E-state index contributed by atoms with van der Waals surface area (Å²) in [6.45, 7) is 6.49. The van der Waals surface area contributed by atoms with E-state index in [4.69, 9.17) is 17.3 Å². The minimum atomic E-state index is -4.41. The van der Waals surface area contributed by atoms with Gasteiger partial charge in [0.25, 0.3) is 0 Å². The molecule has 0 fully saturated rings. The molecule has 20 heavy (non-hydrogen) atoms. The van der Waals surface area contributed by atoms with Gasteiger partial charge in [-0.25, -0.2) is 0 Å². The number of benzene rings is 1. The molecule has 0 bridgehead atoms. The van der Waals surface area contributed by atoms with Crippen molar-refractivity contribution < 1.29 is 13.2 Å². The quantitative estimate of drug-likeness (QED) is 0.857. The van der Waals surface area contributed by atoms with E-state index in [0.717, 1.165) is 18.6 Å². The van der Waals surface area contributed by atoms with Gasteiger partial charge in [-0.3, -0.25) is 0 Å². The highest BCUT2D eigenvalue weighted by Crippen LogP contribution is 2.33. The Kier molecular flexibility index (Phi) is 5.33. The Balaban J connectivity index is 2.94. The van der Waals surface area contributed by atoms with E-state index in [9.17, 15) is 13.2 Å². The molecule has 0 saturated carbocycles. The van der Waals surface area contributed by atoms with Crippen LogP contribution in [-0.2, 0) is 6.18 Å². The lowest BCUT2D eigenvalue weighted by Crippen LogP contribution is -2.33. The van der Waals surface area contributed by atoms with Crippen molar-refractivity contribution in [2.45, 2.75) is 39.4 Å². The van der Waals surface area contributed by atoms with Gasteiger partial charge in [0.05, 0.1) is 5.56 Å². The number of nitrogens with two attached hydrogens (primary N) is 1. The first-order valence-electron chi connectivity index (χ1n) is 6.35. The number of hydrogen-bond acceptors (Lipinski definition) is 2. The molecule has 0 heterocycles. The van der Waals surface area contributed by atoms with Crippen molar-refractivity contribution in [3.05, 3.63) is 28.8 Å². The van der Waals surface area contributed by atoms with Gasteiger partial charge in [-0.2, -0.15) is 13.2 Å². The van der Waals surface area contributed by atoms with E-state index >= 15 is 0 Å². The van der Waals surface area contributed by atoms with Gasteiger partial charge in [0.2, 0.25) is 0 Å². The lowest BCUT2D eigenvalue weighted by atomic mass is 9.88. The van der Waals surface area contributed by atoms with Gasteiger partial charge in [-0.05, 0) is 30.0 Å². The first-order chi connectivity index (χ1) is 9.01. The third-order valence-electron chi connectivity index (χ3n) is 2.74. The van der Waals surface area contributed by atoms with Crippen LogP contribution in [0.3, 0.4) is 0 Å². The summed E-state index contributed by atoms with van der Waals surface area (Å²) in [5.74, 6) is 0. The molecule has 1 aromatic rings. The summed E-state index contributed by atoms with van der Waals surface area (Å²) < 4.78 is 38.2. The number of hydrogen-bond donors (Lipinski definition) is 2. The first-order valence-corrected chi connectivity index (χ1v) is 6.73. The Morgan fingerprint density at radius 1 is 1.20 bits per heavy atom. The highest BCUT2D eigenvalue weighted by Gasteiger charge is 2.31. The maximum absolute atomic E-state index is 12.7. The van der Waals surface area contributed by atoms with Crippen LogP contribution >= 0.6 is 11.6 Å². The third-order valence-corrected chi connectivity index (χ3v) is 2.96. The van der Waals surface area contributed by atoms with Gasteiger partial charge in [-0.1, -0.05) is 32.4 Å². The summed E-state index contributed by atoms with van der Waals surface area (Å²) >= 11 is 5.74. The van der Waals surface area contributed by atoms with E-state index in [2.05, 4.69) is 26.1 Å². The zero-order valence-corrected chi connectivity index (χ0v) is 12.6. The summed E-state index contributed by atoms with van der Waals surface area (Å²) in [5.41, 5.74) is 5.27. The third kappa shape index (κ3) is 5.59. The van der Waals surface area contributed by atoms with Crippen molar-refractivity contribution in [1.29, 1.82) is 0 Å². The second kappa shape index (κ2) is 6.22. The molecule has 1 atom stereocenters. The Bertz CT molecular complexity index is 453. The summed E-state index contributed by atoms with van der Waals surface area (Å²) in [7, 11) is 0. The first kappa shape index (κ1) is 17.1.